The summed E-state index contributed by atoms with van der Waals surface area (Å²) >= 11 is 5.78. The Labute approximate surface area is 102 Å². The molecule has 2 nitrogen and oxygen atoms in total. The molecule has 0 fully saturated rings. The number of halogens is 1. The lowest BCUT2D eigenvalue weighted by atomic mass is 10.1. The lowest BCUT2D eigenvalue weighted by molar-refractivity contribution is -0.124. The Balaban J connectivity index is 2.39. The number of carbonyl (C=O) groups is 1. The van der Waals surface area contributed by atoms with Crippen LogP contribution >= 0.6 is 11.6 Å². The number of hydrogen-bond acceptors (Lipinski definition) is 1. The molecule has 0 aliphatic heterocycles. The smallest absolute Gasteiger partial charge is 0.223 e. The third-order valence-electron chi connectivity index (χ3n) is 2.55. The van der Waals surface area contributed by atoms with E-state index in [-0.39, 0.29) is 11.8 Å². The fraction of sp³-hybridized carbons (Fsp3) is 0.462. The predicted octanol–water partition coefficient (Wildman–Crippen LogP) is 3.39. The van der Waals surface area contributed by atoms with Crippen molar-refractivity contribution in [2.75, 3.05) is 0 Å². The highest BCUT2D eigenvalue weighted by Gasteiger charge is 2.10. The maximum Gasteiger partial charge on any atom is 0.223 e. The van der Waals surface area contributed by atoms with Gasteiger partial charge in [0.2, 0.25) is 5.91 Å². The molecule has 0 saturated carbocycles. The highest BCUT2D eigenvalue weighted by atomic mass is 35.5. The fourth-order valence-corrected chi connectivity index (χ4v) is 1.66. The second-order valence-electron chi connectivity index (χ2n) is 4.03. The molecule has 3 heteroatoms. The number of nitrogens with one attached hydrogen (secondary N) is 1. The summed E-state index contributed by atoms with van der Waals surface area (Å²) in [5.41, 5.74) is 1.07. The van der Waals surface area contributed by atoms with Crippen molar-refractivity contribution in [1.82, 2.24) is 5.32 Å². The van der Waals surface area contributed by atoms with Crippen molar-refractivity contribution in [2.24, 2.45) is 5.92 Å². The van der Waals surface area contributed by atoms with Crippen LogP contribution in [0.25, 0.3) is 0 Å². The molecule has 0 saturated heterocycles. The molecule has 0 aliphatic carbocycles. The van der Waals surface area contributed by atoms with Gasteiger partial charge in [-0.1, -0.05) is 44.0 Å². The summed E-state index contributed by atoms with van der Waals surface area (Å²) in [7, 11) is 0. The van der Waals surface area contributed by atoms with Gasteiger partial charge in [-0.05, 0) is 24.1 Å². The summed E-state index contributed by atoms with van der Waals surface area (Å²) in [6, 6.07) is 7.51. The summed E-state index contributed by atoms with van der Waals surface area (Å²) in [6.45, 7) is 4.62. The molecule has 0 bridgehead atoms. The van der Waals surface area contributed by atoms with Crippen molar-refractivity contribution in [3.8, 4) is 0 Å². The fourth-order valence-electron chi connectivity index (χ4n) is 1.53. The van der Waals surface area contributed by atoms with Gasteiger partial charge in [0.05, 0.1) is 0 Å². The number of amides is 1. The van der Waals surface area contributed by atoms with Gasteiger partial charge in [0, 0.05) is 17.5 Å². The van der Waals surface area contributed by atoms with Gasteiger partial charge in [-0.3, -0.25) is 4.79 Å². The molecule has 0 spiro atoms. The molecule has 0 radical (unpaired) electrons. The number of hydrogen-bond donors (Lipinski definition) is 1. The van der Waals surface area contributed by atoms with Crippen LogP contribution in [0.5, 0.6) is 0 Å². The standard InChI is InChI=1S/C13H18ClNO/c1-3-4-10(2)13(16)15-9-11-5-7-12(14)8-6-11/h5-8,10H,3-4,9H2,1-2H3,(H,15,16). The number of rotatable bonds is 5. The largest absolute Gasteiger partial charge is 0.352 e. The molecule has 0 heterocycles. The second-order valence-corrected chi connectivity index (χ2v) is 4.47. The van der Waals surface area contributed by atoms with Gasteiger partial charge < -0.3 is 5.32 Å². The van der Waals surface area contributed by atoms with Gasteiger partial charge in [-0.25, -0.2) is 0 Å². The Morgan fingerprint density at radius 1 is 1.38 bits per heavy atom. The van der Waals surface area contributed by atoms with Gasteiger partial charge in [-0.2, -0.15) is 0 Å². The van der Waals surface area contributed by atoms with Crippen LogP contribution in [-0.4, -0.2) is 5.91 Å². The van der Waals surface area contributed by atoms with Crippen LogP contribution in [0.15, 0.2) is 24.3 Å². The van der Waals surface area contributed by atoms with Crippen LogP contribution in [0.2, 0.25) is 5.02 Å². The summed E-state index contributed by atoms with van der Waals surface area (Å²) in [6.07, 6.45) is 1.97. The van der Waals surface area contributed by atoms with E-state index in [2.05, 4.69) is 12.2 Å². The highest BCUT2D eigenvalue weighted by Crippen LogP contribution is 2.10. The van der Waals surface area contributed by atoms with Crippen molar-refractivity contribution in [3.63, 3.8) is 0 Å². The molecule has 0 aromatic heterocycles. The first-order chi connectivity index (χ1) is 7.63. The van der Waals surface area contributed by atoms with Gasteiger partial charge in [0.25, 0.3) is 0 Å². The molecule has 1 aromatic carbocycles. The summed E-state index contributed by atoms with van der Waals surface area (Å²) < 4.78 is 0. The first-order valence-corrected chi connectivity index (χ1v) is 6.03. The molecule has 1 aromatic rings. The maximum absolute atomic E-state index is 11.6. The minimum absolute atomic E-state index is 0.0947. The molecule has 1 atom stereocenters. The topological polar surface area (TPSA) is 29.1 Å². The first-order valence-electron chi connectivity index (χ1n) is 5.65. The van der Waals surface area contributed by atoms with Crippen molar-refractivity contribution in [2.45, 2.75) is 33.2 Å². The number of benzene rings is 1. The SMILES string of the molecule is CCCC(C)C(=O)NCc1ccc(Cl)cc1. The molecular weight excluding hydrogens is 222 g/mol. The van der Waals surface area contributed by atoms with Crippen LogP contribution < -0.4 is 5.32 Å². The average molecular weight is 240 g/mol. The molecule has 88 valence electrons. The van der Waals surface area contributed by atoms with Crippen molar-refractivity contribution in [1.29, 1.82) is 0 Å². The van der Waals surface area contributed by atoms with Crippen molar-refractivity contribution >= 4 is 17.5 Å². The minimum atomic E-state index is 0.0947. The Morgan fingerprint density at radius 2 is 2.00 bits per heavy atom. The van der Waals surface area contributed by atoms with Crippen molar-refractivity contribution in [3.05, 3.63) is 34.9 Å². The Bertz CT molecular complexity index is 334. The monoisotopic (exact) mass is 239 g/mol. The zero-order valence-corrected chi connectivity index (χ0v) is 10.6. The van der Waals surface area contributed by atoms with E-state index in [1.54, 1.807) is 0 Å². The van der Waals surface area contributed by atoms with E-state index in [9.17, 15) is 4.79 Å². The van der Waals surface area contributed by atoms with Crippen LogP contribution in [0.3, 0.4) is 0 Å². The minimum Gasteiger partial charge on any atom is -0.352 e. The third-order valence-corrected chi connectivity index (χ3v) is 2.80. The lowest BCUT2D eigenvalue weighted by Gasteiger charge is -2.11. The van der Waals surface area contributed by atoms with E-state index in [4.69, 9.17) is 11.6 Å². The van der Waals surface area contributed by atoms with Crippen LogP contribution in [-0.2, 0) is 11.3 Å². The lowest BCUT2D eigenvalue weighted by Crippen LogP contribution is -2.28. The highest BCUT2D eigenvalue weighted by molar-refractivity contribution is 6.30. The molecule has 1 rings (SSSR count). The molecule has 1 N–H and O–H groups in total. The summed E-state index contributed by atoms with van der Waals surface area (Å²) in [5.74, 6) is 0.217. The van der Waals surface area contributed by atoms with E-state index < -0.39 is 0 Å². The van der Waals surface area contributed by atoms with Crippen molar-refractivity contribution < 1.29 is 4.79 Å². The summed E-state index contributed by atoms with van der Waals surface area (Å²) in [4.78, 5) is 11.6. The summed E-state index contributed by atoms with van der Waals surface area (Å²) in [5, 5.41) is 3.64. The van der Waals surface area contributed by atoms with Crippen LogP contribution in [0.1, 0.15) is 32.3 Å². The van der Waals surface area contributed by atoms with E-state index in [0.717, 1.165) is 23.4 Å². The average Bonchev–Trinajstić information content (AvgIpc) is 2.28. The molecular formula is C13H18ClNO. The third kappa shape index (κ3) is 4.23. The zero-order chi connectivity index (χ0) is 12.0. The zero-order valence-electron chi connectivity index (χ0n) is 9.79. The van der Waals surface area contributed by atoms with Gasteiger partial charge in [0.1, 0.15) is 0 Å². The van der Waals surface area contributed by atoms with Gasteiger partial charge >= 0.3 is 0 Å². The quantitative estimate of drug-likeness (QED) is 0.839. The van der Waals surface area contributed by atoms with E-state index in [1.807, 2.05) is 31.2 Å². The second kappa shape index (κ2) is 6.54. The van der Waals surface area contributed by atoms with E-state index in [0.29, 0.717) is 6.54 Å². The first kappa shape index (κ1) is 13.0. The van der Waals surface area contributed by atoms with E-state index in [1.165, 1.54) is 0 Å². The Morgan fingerprint density at radius 3 is 2.56 bits per heavy atom. The Hall–Kier alpha value is -1.02. The predicted molar refractivity (Wildman–Crippen MR) is 67.4 cm³/mol. The molecule has 1 unspecified atom stereocenters. The maximum atomic E-state index is 11.6. The van der Waals surface area contributed by atoms with E-state index >= 15 is 0 Å². The Kier molecular flexibility index (Phi) is 5.33. The molecule has 0 aliphatic rings. The van der Waals surface area contributed by atoms with Gasteiger partial charge in [-0.15, -0.1) is 0 Å². The number of carbonyl (C=O) groups excluding carboxylic acids is 1. The molecule has 16 heavy (non-hydrogen) atoms. The normalized spacial score (nSPS) is 12.2. The van der Waals surface area contributed by atoms with Crippen LogP contribution in [0.4, 0.5) is 0 Å². The van der Waals surface area contributed by atoms with Gasteiger partial charge in [0.15, 0.2) is 0 Å². The molecule has 1 amide bonds. The van der Waals surface area contributed by atoms with Crippen LogP contribution in [0, 0.1) is 5.92 Å².